The minimum atomic E-state index is -0.798. The van der Waals surface area contributed by atoms with Gasteiger partial charge < -0.3 is 10.4 Å². The Kier molecular flexibility index (Phi) is 6.06. The van der Waals surface area contributed by atoms with Crippen LogP contribution >= 0.6 is 0 Å². The smallest absolute Gasteiger partial charge is 0.303 e. The Morgan fingerprint density at radius 3 is 2.42 bits per heavy atom. The monoisotopic (exact) mass is 263 g/mol. The molecule has 1 aromatic carbocycles. The van der Waals surface area contributed by atoms with Crippen molar-refractivity contribution in [1.29, 1.82) is 0 Å². The SMILES string of the molecule is CCc1ccc(C(=O)NC(C)CCCC(=O)O)cc1. The lowest BCUT2D eigenvalue weighted by atomic mass is 10.1. The van der Waals surface area contributed by atoms with Gasteiger partial charge >= 0.3 is 5.97 Å². The molecular formula is C15H21NO3. The molecule has 0 spiro atoms. The zero-order valence-electron chi connectivity index (χ0n) is 11.5. The van der Waals surface area contributed by atoms with Crippen molar-refractivity contribution in [2.75, 3.05) is 0 Å². The minimum absolute atomic E-state index is 0.0160. The van der Waals surface area contributed by atoms with E-state index < -0.39 is 5.97 Å². The lowest BCUT2D eigenvalue weighted by molar-refractivity contribution is -0.137. The van der Waals surface area contributed by atoms with Crippen molar-refractivity contribution in [1.82, 2.24) is 5.32 Å². The number of nitrogens with one attached hydrogen (secondary N) is 1. The molecule has 1 amide bonds. The first kappa shape index (κ1) is 15.2. The molecule has 0 aliphatic rings. The maximum absolute atomic E-state index is 11.9. The van der Waals surface area contributed by atoms with Crippen LogP contribution in [0.1, 0.15) is 49.0 Å². The molecule has 0 saturated carbocycles. The number of carbonyl (C=O) groups is 2. The Morgan fingerprint density at radius 1 is 1.26 bits per heavy atom. The highest BCUT2D eigenvalue weighted by molar-refractivity contribution is 5.94. The average Bonchev–Trinajstić information content (AvgIpc) is 2.38. The van der Waals surface area contributed by atoms with Crippen LogP contribution in [0.3, 0.4) is 0 Å². The third-order valence-corrected chi connectivity index (χ3v) is 3.03. The molecule has 4 nitrogen and oxygen atoms in total. The quantitative estimate of drug-likeness (QED) is 0.794. The van der Waals surface area contributed by atoms with Crippen LogP contribution in [0.2, 0.25) is 0 Å². The van der Waals surface area contributed by atoms with Crippen molar-refractivity contribution >= 4 is 11.9 Å². The summed E-state index contributed by atoms with van der Waals surface area (Å²) >= 11 is 0. The molecule has 0 heterocycles. The fourth-order valence-electron chi connectivity index (χ4n) is 1.83. The third-order valence-electron chi connectivity index (χ3n) is 3.03. The van der Waals surface area contributed by atoms with E-state index in [1.54, 1.807) is 0 Å². The Morgan fingerprint density at radius 2 is 1.89 bits per heavy atom. The Labute approximate surface area is 113 Å². The van der Waals surface area contributed by atoms with Gasteiger partial charge in [-0.3, -0.25) is 9.59 Å². The van der Waals surface area contributed by atoms with Crippen molar-refractivity contribution in [3.05, 3.63) is 35.4 Å². The maximum Gasteiger partial charge on any atom is 0.303 e. The van der Waals surface area contributed by atoms with Gasteiger partial charge in [0, 0.05) is 18.0 Å². The van der Waals surface area contributed by atoms with Crippen molar-refractivity contribution in [2.45, 2.75) is 45.6 Å². The summed E-state index contributed by atoms with van der Waals surface area (Å²) in [6.07, 6.45) is 2.34. The zero-order valence-corrected chi connectivity index (χ0v) is 11.5. The number of rotatable bonds is 7. The van der Waals surface area contributed by atoms with Gasteiger partial charge in [-0.25, -0.2) is 0 Å². The predicted molar refractivity (Wildman–Crippen MR) is 74.2 cm³/mol. The van der Waals surface area contributed by atoms with Crippen LogP contribution in [0.4, 0.5) is 0 Å². The van der Waals surface area contributed by atoms with E-state index in [2.05, 4.69) is 12.2 Å². The first-order valence-electron chi connectivity index (χ1n) is 6.64. The molecule has 1 aromatic rings. The maximum atomic E-state index is 11.9. The first-order chi connectivity index (χ1) is 9.02. The van der Waals surface area contributed by atoms with E-state index in [4.69, 9.17) is 5.11 Å². The Balaban J connectivity index is 2.42. The second-order valence-electron chi connectivity index (χ2n) is 4.71. The summed E-state index contributed by atoms with van der Waals surface area (Å²) in [5.74, 6) is -0.904. The van der Waals surface area contributed by atoms with Gasteiger partial charge in [-0.1, -0.05) is 19.1 Å². The molecule has 104 valence electrons. The Bertz CT molecular complexity index is 426. The highest BCUT2D eigenvalue weighted by atomic mass is 16.4. The molecule has 2 N–H and O–H groups in total. The fraction of sp³-hybridized carbons (Fsp3) is 0.467. The fourth-order valence-corrected chi connectivity index (χ4v) is 1.83. The normalized spacial score (nSPS) is 11.9. The van der Waals surface area contributed by atoms with Crippen LogP contribution in [-0.4, -0.2) is 23.0 Å². The topological polar surface area (TPSA) is 66.4 Å². The van der Waals surface area contributed by atoms with E-state index in [0.29, 0.717) is 18.4 Å². The molecule has 0 aromatic heterocycles. The van der Waals surface area contributed by atoms with Gasteiger partial charge in [0.15, 0.2) is 0 Å². The molecule has 0 aliphatic heterocycles. The lowest BCUT2D eigenvalue weighted by Crippen LogP contribution is -2.32. The number of aliphatic carboxylic acids is 1. The summed E-state index contributed by atoms with van der Waals surface area (Å²) in [5.41, 5.74) is 1.84. The number of carboxylic acid groups (broad SMARTS) is 1. The molecule has 0 aliphatic carbocycles. The van der Waals surface area contributed by atoms with Crippen LogP contribution in [0.5, 0.6) is 0 Å². The van der Waals surface area contributed by atoms with Gasteiger partial charge in [0.05, 0.1) is 0 Å². The molecule has 19 heavy (non-hydrogen) atoms. The van der Waals surface area contributed by atoms with Gasteiger partial charge in [-0.15, -0.1) is 0 Å². The van der Waals surface area contributed by atoms with Crippen LogP contribution < -0.4 is 5.32 Å². The summed E-state index contributed by atoms with van der Waals surface area (Å²) in [6, 6.07) is 7.52. The minimum Gasteiger partial charge on any atom is -0.481 e. The number of carboxylic acids is 1. The molecule has 1 rings (SSSR count). The number of carbonyl (C=O) groups excluding carboxylic acids is 1. The van der Waals surface area contributed by atoms with E-state index in [0.717, 1.165) is 6.42 Å². The van der Waals surface area contributed by atoms with Gasteiger partial charge in [0.2, 0.25) is 0 Å². The van der Waals surface area contributed by atoms with E-state index in [1.165, 1.54) is 5.56 Å². The van der Waals surface area contributed by atoms with Crippen molar-refractivity contribution in [3.63, 3.8) is 0 Å². The van der Waals surface area contributed by atoms with E-state index >= 15 is 0 Å². The Hall–Kier alpha value is -1.84. The summed E-state index contributed by atoms with van der Waals surface area (Å²) in [6.45, 7) is 3.96. The predicted octanol–water partition coefficient (Wildman–Crippen LogP) is 2.62. The van der Waals surface area contributed by atoms with Crippen LogP contribution in [-0.2, 0) is 11.2 Å². The van der Waals surface area contributed by atoms with Gasteiger partial charge in [0.25, 0.3) is 5.91 Å². The number of benzene rings is 1. The first-order valence-corrected chi connectivity index (χ1v) is 6.64. The lowest BCUT2D eigenvalue weighted by Gasteiger charge is -2.13. The summed E-state index contributed by atoms with van der Waals surface area (Å²) in [5, 5.41) is 11.4. The van der Waals surface area contributed by atoms with Crippen molar-refractivity contribution < 1.29 is 14.7 Å². The van der Waals surface area contributed by atoms with E-state index in [9.17, 15) is 9.59 Å². The molecule has 4 heteroatoms. The average molecular weight is 263 g/mol. The second kappa shape index (κ2) is 7.56. The highest BCUT2D eigenvalue weighted by Crippen LogP contribution is 2.06. The largest absolute Gasteiger partial charge is 0.481 e. The van der Waals surface area contributed by atoms with Crippen LogP contribution in [0, 0.1) is 0 Å². The molecule has 1 unspecified atom stereocenters. The second-order valence-corrected chi connectivity index (χ2v) is 4.71. The number of hydrogen-bond donors (Lipinski definition) is 2. The van der Waals surface area contributed by atoms with Gasteiger partial charge in [-0.05, 0) is 43.9 Å². The number of hydrogen-bond acceptors (Lipinski definition) is 2. The molecule has 0 fully saturated rings. The summed E-state index contributed by atoms with van der Waals surface area (Å²) in [7, 11) is 0. The molecule has 0 bridgehead atoms. The molecule has 1 atom stereocenters. The van der Waals surface area contributed by atoms with Crippen LogP contribution in [0.25, 0.3) is 0 Å². The number of aryl methyl sites for hydroxylation is 1. The molecule has 0 saturated heterocycles. The third kappa shape index (κ3) is 5.55. The van der Waals surface area contributed by atoms with Crippen LogP contribution in [0.15, 0.2) is 24.3 Å². The number of amides is 1. The zero-order chi connectivity index (χ0) is 14.3. The molecule has 0 radical (unpaired) electrons. The standard InChI is InChI=1S/C15H21NO3/c1-3-12-7-9-13(10-8-12)15(19)16-11(2)5-4-6-14(17)18/h7-11H,3-6H2,1-2H3,(H,16,19)(H,17,18). The van der Waals surface area contributed by atoms with E-state index in [-0.39, 0.29) is 18.4 Å². The van der Waals surface area contributed by atoms with Gasteiger partial charge in [-0.2, -0.15) is 0 Å². The van der Waals surface area contributed by atoms with Crippen molar-refractivity contribution in [2.24, 2.45) is 0 Å². The molecular weight excluding hydrogens is 242 g/mol. The summed E-state index contributed by atoms with van der Waals surface area (Å²) in [4.78, 5) is 22.3. The highest BCUT2D eigenvalue weighted by Gasteiger charge is 2.10. The summed E-state index contributed by atoms with van der Waals surface area (Å²) < 4.78 is 0. The van der Waals surface area contributed by atoms with Gasteiger partial charge in [0.1, 0.15) is 0 Å². The van der Waals surface area contributed by atoms with Crippen molar-refractivity contribution in [3.8, 4) is 0 Å². The van der Waals surface area contributed by atoms with E-state index in [1.807, 2.05) is 31.2 Å².